The van der Waals surface area contributed by atoms with Crippen LogP contribution < -0.4 is 0 Å². The van der Waals surface area contributed by atoms with E-state index in [0.29, 0.717) is 0 Å². The zero-order valence-electron chi connectivity index (χ0n) is 6.90. The predicted octanol–water partition coefficient (Wildman–Crippen LogP) is 3.45. The lowest BCUT2D eigenvalue weighted by atomic mass is 10.2. The first-order valence-corrected chi connectivity index (χ1v) is 4.98. The molecule has 0 spiro atoms. The summed E-state index contributed by atoms with van der Waals surface area (Å²) in [7, 11) is 0. The van der Waals surface area contributed by atoms with Gasteiger partial charge < -0.3 is 0 Å². The minimum Gasteiger partial charge on any atom is -0.263 e. The van der Waals surface area contributed by atoms with Crippen LogP contribution in [-0.2, 0) is 0 Å². The van der Waals surface area contributed by atoms with Gasteiger partial charge in [0.1, 0.15) is 0 Å². The van der Waals surface area contributed by atoms with Crippen LogP contribution in [0.25, 0.3) is 20.2 Å². The molecule has 0 saturated heterocycles. The van der Waals surface area contributed by atoms with Crippen LogP contribution >= 0.6 is 11.3 Å². The van der Waals surface area contributed by atoms with Crippen molar-refractivity contribution in [2.75, 3.05) is 0 Å². The molecule has 0 aliphatic rings. The second kappa shape index (κ2) is 2.54. The maximum Gasteiger partial charge on any atom is 0.0538 e. The minimum atomic E-state index is 1.27. The van der Waals surface area contributed by atoms with E-state index in [-0.39, 0.29) is 0 Å². The van der Waals surface area contributed by atoms with E-state index in [0.717, 1.165) is 0 Å². The Balaban J connectivity index is 2.64. The number of aromatic nitrogens is 1. The maximum atomic E-state index is 4.12. The normalized spacial score (nSPS) is 11.1. The Morgan fingerprint density at radius 3 is 2.77 bits per heavy atom. The highest BCUT2D eigenvalue weighted by Gasteiger charge is 2.01. The molecule has 62 valence electrons. The average molecular weight is 185 g/mol. The summed E-state index contributed by atoms with van der Waals surface area (Å²) in [4.78, 5) is 4.12. The van der Waals surface area contributed by atoms with Gasteiger partial charge in [-0.25, -0.2) is 0 Å². The van der Waals surface area contributed by atoms with Gasteiger partial charge in [0.2, 0.25) is 0 Å². The Kier molecular flexibility index (Phi) is 1.37. The summed E-state index contributed by atoms with van der Waals surface area (Å²) in [5, 5.41) is 2.65. The molecule has 0 fully saturated rings. The van der Waals surface area contributed by atoms with Gasteiger partial charge in [-0.2, -0.15) is 0 Å². The summed E-state index contributed by atoms with van der Waals surface area (Å²) in [5.74, 6) is 0. The Morgan fingerprint density at radius 1 is 0.923 bits per heavy atom. The molecule has 0 bridgehead atoms. The van der Waals surface area contributed by atoms with E-state index in [1.54, 1.807) is 11.3 Å². The molecular weight excluding hydrogens is 178 g/mol. The van der Waals surface area contributed by atoms with E-state index in [4.69, 9.17) is 0 Å². The molecule has 0 radical (unpaired) electrons. The highest BCUT2D eigenvalue weighted by atomic mass is 32.1. The molecule has 0 unspecified atom stereocenters. The van der Waals surface area contributed by atoms with Gasteiger partial charge in [-0.15, -0.1) is 11.3 Å². The lowest BCUT2D eigenvalue weighted by Gasteiger charge is -1.87. The molecular formula is C11H7NS. The molecule has 2 aromatic heterocycles. The zero-order valence-corrected chi connectivity index (χ0v) is 7.71. The summed E-state index contributed by atoms with van der Waals surface area (Å²) >= 11 is 1.80. The highest BCUT2D eigenvalue weighted by Crippen LogP contribution is 2.32. The van der Waals surface area contributed by atoms with Gasteiger partial charge in [0.15, 0.2) is 0 Å². The summed E-state index contributed by atoms with van der Waals surface area (Å²) in [6, 6.07) is 10.5. The van der Waals surface area contributed by atoms with Crippen LogP contribution in [0.1, 0.15) is 0 Å². The van der Waals surface area contributed by atoms with E-state index < -0.39 is 0 Å². The van der Waals surface area contributed by atoms with Gasteiger partial charge >= 0.3 is 0 Å². The Morgan fingerprint density at radius 2 is 1.77 bits per heavy atom. The van der Waals surface area contributed by atoms with Gasteiger partial charge in [0, 0.05) is 27.9 Å². The number of benzene rings is 1. The van der Waals surface area contributed by atoms with Crippen LogP contribution in [-0.4, -0.2) is 4.98 Å². The quantitative estimate of drug-likeness (QED) is 0.522. The third-order valence-corrected chi connectivity index (χ3v) is 3.30. The molecule has 0 aliphatic carbocycles. The average Bonchev–Trinajstić information content (AvgIpc) is 2.56. The molecule has 0 saturated carbocycles. The van der Waals surface area contributed by atoms with Crippen molar-refractivity contribution in [3.63, 3.8) is 0 Å². The molecule has 3 aromatic rings. The summed E-state index contributed by atoms with van der Waals surface area (Å²) < 4.78 is 2.61. The first-order chi connectivity index (χ1) is 6.45. The van der Waals surface area contributed by atoms with Gasteiger partial charge in [0.05, 0.1) is 4.70 Å². The monoisotopic (exact) mass is 185 g/mol. The van der Waals surface area contributed by atoms with Gasteiger partial charge in [-0.3, -0.25) is 4.98 Å². The van der Waals surface area contributed by atoms with Crippen LogP contribution in [0.2, 0.25) is 0 Å². The number of thiophene rings is 1. The maximum absolute atomic E-state index is 4.12. The molecule has 0 atom stereocenters. The number of nitrogens with zero attached hydrogens (tertiary/aromatic N) is 1. The number of pyridine rings is 1. The summed E-state index contributed by atoms with van der Waals surface area (Å²) in [6.07, 6.45) is 3.78. The summed E-state index contributed by atoms with van der Waals surface area (Å²) in [6.45, 7) is 0. The summed E-state index contributed by atoms with van der Waals surface area (Å²) in [5.41, 5.74) is 0. The molecule has 0 amide bonds. The number of rotatable bonds is 0. The van der Waals surface area contributed by atoms with E-state index in [9.17, 15) is 0 Å². The first kappa shape index (κ1) is 7.04. The van der Waals surface area contributed by atoms with Crippen molar-refractivity contribution in [1.82, 2.24) is 4.98 Å². The molecule has 0 aliphatic heterocycles. The Hall–Kier alpha value is -1.41. The smallest absolute Gasteiger partial charge is 0.0538 e. The number of hydrogen-bond acceptors (Lipinski definition) is 2. The van der Waals surface area contributed by atoms with Crippen molar-refractivity contribution in [3.8, 4) is 0 Å². The Labute approximate surface area is 79.7 Å². The van der Waals surface area contributed by atoms with E-state index >= 15 is 0 Å². The SMILES string of the molecule is c1ccc2c(c1)sc1cnccc12. The molecule has 0 N–H and O–H groups in total. The second-order valence-corrected chi connectivity index (χ2v) is 4.05. The van der Waals surface area contributed by atoms with Crippen molar-refractivity contribution in [2.24, 2.45) is 0 Å². The Bertz CT molecular complexity index is 518. The van der Waals surface area contributed by atoms with Crippen LogP contribution in [0.4, 0.5) is 0 Å². The van der Waals surface area contributed by atoms with E-state index in [1.807, 2.05) is 12.4 Å². The highest BCUT2D eigenvalue weighted by molar-refractivity contribution is 7.25. The second-order valence-electron chi connectivity index (χ2n) is 2.97. The molecule has 1 aromatic carbocycles. The van der Waals surface area contributed by atoms with Crippen molar-refractivity contribution >= 4 is 31.5 Å². The van der Waals surface area contributed by atoms with Crippen molar-refractivity contribution in [3.05, 3.63) is 42.7 Å². The van der Waals surface area contributed by atoms with Crippen LogP contribution in [0.5, 0.6) is 0 Å². The lowest BCUT2D eigenvalue weighted by molar-refractivity contribution is 1.37. The molecule has 2 heteroatoms. The predicted molar refractivity (Wildman–Crippen MR) is 57.1 cm³/mol. The van der Waals surface area contributed by atoms with Crippen molar-refractivity contribution < 1.29 is 0 Å². The van der Waals surface area contributed by atoms with E-state index in [2.05, 4.69) is 35.3 Å². The fourth-order valence-corrected chi connectivity index (χ4v) is 2.65. The fraction of sp³-hybridized carbons (Fsp3) is 0. The van der Waals surface area contributed by atoms with Gasteiger partial charge in [-0.1, -0.05) is 18.2 Å². The fourth-order valence-electron chi connectivity index (χ4n) is 1.58. The van der Waals surface area contributed by atoms with E-state index in [1.165, 1.54) is 20.2 Å². The van der Waals surface area contributed by atoms with Gasteiger partial charge in [0.25, 0.3) is 0 Å². The van der Waals surface area contributed by atoms with Crippen molar-refractivity contribution in [2.45, 2.75) is 0 Å². The molecule has 3 rings (SSSR count). The number of hydrogen-bond donors (Lipinski definition) is 0. The molecule has 1 nitrogen and oxygen atoms in total. The van der Waals surface area contributed by atoms with Gasteiger partial charge in [-0.05, 0) is 12.1 Å². The third kappa shape index (κ3) is 0.956. The molecule has 2 heterocycles. The van der Waals surface area contributed by atoms with Crippen molar-refractivity contribution in [1.29, 1.82) is 0 Å². The molecule has 13 heavy (non-hydrogen) atoms. The minimum absolute atomic E-state index is 1.27. The van der Waals surface area contributed by atoms with Crippen LogP contribution in [0.3, 0.4) is 0 Å². The standard InChI is InChI=1S/C11H7NS/c1-2-4-10-8(3-1)9-5-6-12-7-11(9)13-10/h1-7H. The topological polar surface area (TPSA) is 12.9 Å². The largest absolute Gasteiger partial charge is 0.263 e. The third-order valence-electron chi connectivity index (χ3n) is 2.18. The van der Waals surface area contributed by atoms with Crippen LogP contribution in [0.15, 0.2) is 42.7 Å². The zero-order chi connectivity index (χ0) is 8.67. The van der Waals surface area contributed by atoms with Crippen LogP contribution in [0, 0.1) is 0 Å². The first-order valence-electron chi connectivity index (χ1n) is 4.16. The number of fused-ring (bicyclic) bond motifs is 3. The lowest BCUT2D eigenvalue weighted by Crippen LogP contribution is -1.67.